The first-order valence-corrected chi connectivity index (χ1v) is 13.8. The molecule has 2 amide bonds. The van der Waals surface area contributed by atoms with E-state index in [2.05, 4.69) is 52.0 Å². The molecular formula is C31H35FN6O2S. The molecule has 3 aromatic carbocycles. The molecule has 8 nitrogen and oxygen atoms in total. The number of carbonyl (C=O) groups is 1. The Labute approximate surface area is 245 Å². The van der Waals surface area contributed by atoms with E-state index in [9.17, 15) is 9.18 Å². The quantitative estimate of drug-likeness (QED) is 0.193. The van der Waals surface area contributed by atoms with Gasteiger partial charge >= 0.3 is 6.03 Å². The molecule has 4 aromatic rings. The molecule has 0 aliphatic heterocycles. The Morgan fingerprint density at radius 1 is 1.10 bits per heavy atom. The maximum atomic E-state index is 13.7. The number of hydrogen-bond acceptors (Lipinski definition) is 5. The highest BCUT2D eigenvalue weighted by molar-refractivity contribution is 7.80. The van der Waals surface area contributed by atoms with Crippen LogP contribution in [0.1, 0.15) is 50.3 Å². The summed E-state index contributed by atoms with van der Waals surface area (Å²) in [6, 6.07) is 20.6. The summed E-state index contributed by atoms with van der Waals surface area (Å²) < 4.78 is 20.6. The van der Waals surface area contributed by atoms with Crippen LogP contribution in [-0.4, -0.2) is 38.3 Å². The van der Waals surface area contributed by atoms with E-state index in [4.69, 9.17) is 17.0 Å². The SMILES string of the molecule is Cc1ccc(C(C)C)c(NC(=S)NC(=O)NCCc2cccc(-c3ncn(-c4ccc(OC(C)(C)F)cc4)n3)c2)c1. The van der Waals surface area contributed by atoms with Crippen LogP contribution in [0.5, 0.6) is 5.75 Å². The second-order valence-electron chi connectivity index (χ2n) is 10.5. The summed E-state index contributed by atoms with van der Waals surface area (Å²) in [4.78, 5) is 16.9. The van der Waals surface area contributed by atoms with Crippen molar-refractivity contribution in [2.45, 2.75) is 52.8 Å². The van der Waals surface area contributed by atoms with Gasteiger partial charge in [0, 0.05) is 31.6 Å². The molecule has 0 saturated heterocycles. The minimum Gasteiger partial charge on any atom is -0.459 e. The van der Waals surface area contributed by atoms with Gasteiger partial charge in [0.15, 0.2) is 10.9 Å². The van der Waals surface area contributed by atoms with Gasteiger partial charge in [-0.3, -0.25) is 5.32 Å². The number of nitrogens with zero attached hydrogens (tertiary/aromatic N) is 3. The Hall–Kier alpha value is -4.31. The van der Waals surface area contributed by atoms with Crippen LogP contribution in [0.3, 0.4) is 0 Å². The molecule has 1 heterocycles. The maximum Gasteiger partial charge on any atom is 0.321 e. The zero-order valence-corrected chi connectivity index (χ0v) is 24.7. The lowest BCUT2D eigenvalue weighted by atomic mass is 9.99. The molecule has 0 atom stereocenters. The van der Waals surface area contributed by atoms with Crippen molar-refractivity contribution in [1.82, 2.24) is 25.4 Å². The maximum absolute atomic E-state index is 13.7. The minimum atomic E-state index is -1.75. The normalized spacial score (nSPS) is 11.3. The fourth-order valence-corrected chi connectivity index (χ4v) is 4.44. The van der Waals surface area contributed by atoms with Crippen molar-refractivity contribution in [1.29, 1.82) is 0 Å². The molecule has 1 aromatic heterocycles. The number of ether oxygens (including phenoxy) is 1. The Balaban J connectivity index is 1.30. The van der Waals surface area contributed by atoms with Gasteiger partial charge in [-0.05, 0) is 84.6 Å². The number of nitrogens with one attached hydrogen (secondary N) is 3. The van der Waals surface area contributed by atoms with E-state index in [1.54, 1.807) is 35.3 Å². The zero-order chi connectivity index (χ0) is 29.6. The Morgan fingerprint density at radius 2 is 1.85 bits per heavy atom. The number of carbonyl (C=O) groups excluding carboxylic acids is 1. The van der Waals surface area contributed by atoms with Gasteiger partial charge in [-0.2, -0.15) is 4.39 Å². The van der Waals surface area contributed by atoms with Crippen LogP contribution < -0.4 is 20.7 Å². The average molecular weight is 575 g/mol. The molecular weight excluding hydrogens is 539 g/mol. The van der Waals surface area contributed by atoms with Crippen LogP contribution >= 0.6 is 12.2 Å². The fourth-order valence-electron chi connectivity index (χ4n) is 4.24. The number of benzene rings is 3. The molecule has 0 saturated carbocycles. The molecule has 41 heavy (non-hydrogen) atoms. The zero-order valence-electron chi connectivity index (χ0n) is 23.9. The molecule has 10 heteroatoms. The molecule has 0 aliphatic rings. The summed E-state index contributed by atoms with van der Waals surface area (Å²) in [7, 11) is 0. The topological polar surface area (TPSA) is 93.1 Å². The average Bonchev–Trinajstić information content (AvgIpc) is 3.39. The van der Waals surface area contributed by atoms with Gasteiger partial charge in [-0.25, -0.2) is 14.5 Å². The highest BCUT2D eigenvalue weighted by atomic mass is 32.1. The van der Waals surface area contributed by atoms with Gasteiger partial charge in [0.2, 0.25) is 5.85 Å². The lowest BCUT2D eigenvalue weighted by Gasteiger charge is -2.17. The van der Waals surface area contributed by atoms with Crippen LogP contribution in [0.4, 0.5) is 14.9 Å². The number of alkyl halides is 1. The highest BCUT2D eigenvalue weighted by Gasteiger charge is 2.17. The Bertz CT molecular complexity index is 1510. The smallest absolute Gasteiger partial charge is 0.321 e. The van der Waals surface area contributed by atoms with Crippen molar-refractivity contribution in [3.05, 3.63) is 89.7 Å². The van der Waals surface area contributed by atoms with Gasteiger partial charge in [-0.15, -0.1) is 5.10 Å². The predicted octanol–water partition coefficient (Wildman–Crippen LogP) is 6.69. The van der Waals surface area contributed by atoms with Crippen LogP contribution in [0.25, 0.3) is 17.1 Å². The van der Waals surface area contributed by atoms with E-state index in [1.165, 1.54) is 13.8 Å². The van der Waals surface area contributed by atoms with E-state index >= 15 is 0 Å². The van der Waals surface area contributed by atoms with Crippen molar-refractivity contribution in [2.24, 2.45) is 0 Å². The molecule has 0 aliphatic carbocycles. The summed E-state index contributed by atoms with van der Waals surface area (Å²) in [6.45, 7) is 9.37. The number of aromatic nitrogens is 3. The summed E-state index contributed by atoms with van der Waals surface area (Å²) in [5.74, 6) is -0.440. The van der Waals surface area contributed by atoms with Gasteiger partial charge < -0.3 is 15.4 Å². The lowest BCUT2D eigenvalue weighted by Crippen LogP contribution is -2.42. The monoisotopic (exact) mass is 574 g/mol. The third kappa shape index (κ3) is 8.59. The number of anilines is 1. The third-order valence-electron chi connectivity index (χ3n) is 6.14. The number of urea groups is 1. The van der Waals surface area contributed by atoms with E-state index in [0.717, 1.165) is 33.6 Å². The summed E-state index contributed by atoms with van der Waals surface area (Å²) in [5, 5.41) is 13.5. The van der Waals surface area contributed by atoms with Gasteiger partial charge in [0.25, 0.3) is 0 Å². The van der Waals surface area contributed by atoms with Crippen molar-refractivity contribution in [3.8, 4) is 22.8 Å². The van der Waals surface area contributed by atoms with Crippen LogP contribution in [0, 0.1) is 6.92 Å². The van der Waals surface area contributed by atoms with Gasteiger partial charge in [0.1, 0.15) is 12.1 Å². The van der Waals surface area contributed by atoms with E-state index in [1.807, 2.05) is 37.3 Å². The Kier molecular flexibility index (Phi) is 9.34. The molecule has 0 fully saturated rings. The molecule has 0 radical (unpaired) electrons. The van der Waals surface area contributed by atoms with E-state index in [-0.39, 0.29) is 11.1 Å². The van der Waals surface area contributed by atoms with Crippen LogP contribution in [0.15, 0.2) is 73.1 Å². The summed E-state index contributed by atoms with van der Waals surface area (Å²) in [6.07, 6.45) is 2.24. The molecule has 0 spiro atoms. The molecule has 0 unspecified atom stereocenters. The van der Waals surface area contributed by atoms with Crippen molar-refractivity contribution in [3.63, 3.8) is 0 Å². The fraction of sp³-hybridized carbons (Fsp3) is 0.290. The van der Waals surface area contributed by atoms with Crippen LogP contribution in [-0.2, 0) is 6.42 Å². The van der Waals surface area contributed by atoms with E-state index in [0.29, 0.717) is 30.5 Å². The highest BCUT2D eigenvalue weighted by Crippen LogP contribution is 2.25. The lowest BCUT2D eigenvalue weighted by molar-refractivity contribution is -0.0257. The number of aryl methyl sites for hydroxylation is 1. The first-order valence-electron chi connectivity index (χ1n) is 13.4. The van der Waals surface area contributed by atoms with Crippen molar-refractivity contribution < 1.29 is 13.9 Å². The first kappa shape index (κ1) is 29.7. The molecule has 4 rings (SSSR count). The van der Waals surface area contributed by atoms with Crippen molar-refractivity contribution in [2.75, 3.05) is 11.9 Å². The number of hydrogen-bond donors (Lipinski definition) is 3. The largest absolute Gasteiger partial charge is 0.459 e. The number of halogens is 1. The Morgan fingerprint density at radius 3 is 2.56 bits per heavy atom. The molecule has 214 valence electrons. The summed E-state index contributed by atoms with van der Waals surface area (Å²) in [5.41, 5.74) is 5.78. The number of thiocarbonyl (C=S) groups is 1. The van der Waals surface area contributed by atoms with E-state index < -0.39 is 5.85 Å². The third-order valence-corrected chi connectivity index (χ3v) is 6.35. The van der Waals surface area contributed by atoms with Gasteiger partial charge in [-0.1, -0.05) is 44.2 Å². The molecule has 3 N–H and O–H groups in total. The standard InChI is InChI=1S/C31H35FN6O2S/c1-20(2)26-14-9-21(3)17-27(26)35-30(41)36-29(39)33-16-15-22-7-6-8-23(18-22)28-34-19-38(37-28)24-10-12-25(13-11-24)40-31(4,5)32/h6-14,17-20H,15-16H2,1-5H3,(H3,33,35,36,39,41). The molecule has 0 bridgehead atoms. The minimum absolute atomic E-state index is 0.243. The van der Waals surface area contributed by atoms with Gasteiger partial charge in [0.05, 0.1) is 5.69 Å². The number of rotatable bonds is 9. The predicted molar refractivity (Wildman–Crippen MR) is 164 cm³/mol. The van der Waals surface area contributed by atoms with Crippen molar-refractivity contribution >= 4 is 29.0 Å². The summed E-state index contributed by atoms with van der Waals surface area (Å²) >= 11 is 5.36. The first-order chi connectivity index (χ1) is 19.5. The van der Waals surface area contributed by atoms with Crippen LogP contribution in [0.2, 0.25) is 0 Å². The number of amides is 2. The second-order valence-corrected chi connectivity index (χ2v) is 10.9. The second kappa shape index (κ2) is 12.9.